The van der Waals surface area contributed by atoms with E-state index in [-0.39, 0.29) is 12.0 Å². The predicted octanol–water partition coefficient (Wildman–Crippen LogP) is 1.78. The van der Waals surface area contributed by atoms with Crippen molar-refractivity contribution in [3.8, 4) is 0 Å². The number of ether oxygens (including phenoxy) is 1. The summed E-state index contributed by atoms with van der Waals surface area (Å²) in [5.74, 6) is 5.10. The van der Waals surface area contributed by atoms with Gasteiger partial charge in [0, 0.05) is 11.6 Å². The lowest BCUT2D eigenvalue weighted by Crippen LogP contribution is -2.29. The molecule has 0 saturated carbocycles. The number of carbonyl (C=O) groups excluding carboxylic acids is 1. The van der Waals surface area contributed by atoms with E-state index in [0.29, 0.717) is 29.4 Å². The SMILES string of the molecule is CC(C)OCCNC(=O)c1cc(Cl)ccc1NN. The van der Waals surface area contributed by atoms with E-state index in [1.807, 2.05) is 13.8 Å². The Morgan fingerprint density at radius 3 is 2.83 bits per heavy atom. The first kappa shape index (κ1) is 14.8. The van der Waals surface area contributed by atoms with E-state index >= 15 is 0 Å². The highest BCUT2D eigenvalue weighted by atomic mass is 35.5. The van der Waals surface area contributed by atoms with Gasteiger partial charge >= 0.3 is 0 Å². The quantitative estimate of drug-likeness (QED) is 0.419. The highest BCUT2D eigenvalue weighted by Gasteiger charge is 2.11. The second-order valence-corrected chi connectivity index (χ2v) is 4.45. The number of amides is 1. The molecular formula is C12H18ClN3O2. The first-order valence-electron chi connectivity index (χ1n) is 5.70. The number of hydrogen-bond donors (Lipinski definition) is 3. The standard InChI is InChI=1S/C12H18ClN3O2/c1-8(2)18-6-5-15-12(17)10-7-9(13)3-4-11(10)16-14/h3-4,7-8,16H,5-6,14H2,1-2H3,(H,15,17). The molecule has 4 N–H and O–H groups in total. The second kappa shape index (κ2) is 7.20. The van der Waals surface area contributed by atoms with Crippen molar-refractivity contribution in [2.75, 3.05) is 18.6 Å². The molecular weight excluding hydrogens is 254 g/mol. The molecule has 0 unspecified atom stereocenters. The third-order valence-electron chi connectivity index (χ3n) is 2.22. The molecule has 0 radical (unpaired) electrons. The van der Waals surface area contributed by atoms with Crippen molar-refractivity contribution in [2.24, 2.45) is 5.84 Å². The van der Waals surface area contributed by atoms with Gasteiger partial charge in [0.05, 0.1) is 24.0 Å². The van der Waals surface area contributed by atoms with Crippen LogP contribution in [0, 0.1) is 0 Å². The van der Waals surface area contributed by atoms with Gasteiger partial charge in [-0.3, -0.25) is 10.6 Å². The summed E-state index contributed by atoms with van der Waals surface area (Å²) in [5.41, 5.74) is 3.40. The summed E-state index contributed by atoms with van der Waals surface area (Å²) in [6.45, 7) is 4.79. The van der Waals surface area contributed by atoms with Gasteiger partial charge in [0.25, 0.3) is 5.91 Å². The van der Waals surface area contributed by atoms with Crippen molar-refractivity contribution in [3.63, 3.8) is 0 Å². The lowest BCUT2D eigenvalue weighted by molar-refractivity contribution is 0.0747. The van der Waals surface area contributed by atoms with Crippen LogP contribution in [0.5, 0.6) is 0 Å². The van der Waals surface area contributed by atoms with E-state index in [2.05, 4.69) is 10.7 Å². The molecule has 1 rings (SSSR count). The van der Waals surface area contributed by atoms with Crippen LogP contribution in [0.4, 0.5) is 5.69 Å². The number of hydrazine groups is 1. The number of carbonyl (C=O) groups is 1. The highest BCUT2D eigenvalue weighted by molar-refractivity contribution is 6.31. The first-order chi connectivity index (χ1) is 8.54. The van der Waals surface area contributed by atoms with Crippen LogP contribution in [0.2, 0.25) is 5.02 Å². The molecule has 0 atom stereocenters. The highest BCUT2D eigenvalue weighted by Crippen LogP contribution is 2.19. The average molecular weight is 272 g/mol. The molecule has 0 fully saturated rings. The van der Waals surface area contributed by atoms with Gasteiger partial charge in [-0.05, 0) is 32.0 Å². The van der Waals surface area contributed by atoms with Crippen molar-refractivity contribution < 1.29 is 9.53 Å². The topological polar surface area (TPSA) is 76.4 Å². The van der Waals surface area contributed by atoms with Crippen LogP contribution in [-0.2, 0) is 4.74 Å². The summed E-state index contributed by atoms with van der Waals surface area (Å²) in [6.07, 6.45) is 0.148. The third-order valence-corrected chi connectivity index (χ3v) is 2.46. The number of benzene rings is 1. The third kappa shape index (κ3) is 4.52. The van der Waals surface area contributed by atoms with Crippen molar-refractivity contribution in [2.45, 2.75) is 20.0 Å². The minimum absolute atomic E-state index is 0.148. The van der Waals surface area contributed by atoms with Gasteiger partial charge in [-0.15, -0.1) is 0 Å². The number of anilines is 1. The number of nitrogens with one attached hydrogen (secondary N) is 2. The molecule has 0 bridgehead atoms. The van der Waals surface area contributed by atoms with Crippen LogP contribution in [0.25, 0.3) is 0 Å². The number of rotatable bonds is 6. The number of nitrogen functional groups attached to an aromatic ring is 1. The molecule has 0 spiro atoms. The fourth-order valence-corrected chi connectivity index (χ4v) is 1.56. The maximum absolute atomic E-state index is 11.9. The minimum atomic E-state index is -0.238. The minimum Gasteiger partial charge on any atom is -0.377 e. The van der Waals surface area contributed by atoms with Crippen molar-refractivity contribution in [1.82, 2.24) is 5.32 Å². The van der Waals surface area contributed by atoms with E-state index in [9.17, 15) is 4.79 Å². The number of nitrogens with two attached hydrogens (primary N) is 1. The maximum Gasteiger partial charge on any atom is 0.253 e. The van der Waals surface area contributed by atoms with Crippen LogP contribution in [0.15, 0.2) is 18.2 Å². The van der Waals surface area contributed by atoms with E-state index in [1.54, 1.807) is 18.2 Å². The molecule has 0 aliphatic carbocycles. The Balaban J connectivity index is 2.58. The molecule has 0 aromatic heterocycles. The van der Waals surface area contributed by atoms with E-state index in [4.69, 9.17) is 22.2 Å². The average Bonchev–Trinajstić information content (AvgIpc) is 2.34. The largest absolute Gasteiger partial charge is 0.377 e. The Kier molecular flexibility index (Phi) is 5.91. The van der Waals surface area contributed by atoms with Crippen molar-refractivity contribution >= 4 is 23.2 Å². The molecule has 1 aromatic rings. The number of halogens is 1. The maximum atomic E-state index is 11.9. The smallest absolute Gasteiger partial charge is 0.253 e. The fraction of sp³-hybridized carbons (Fsp3) is 0.417. The van der Waals surface area contributed by atoms with E-state index in [1.165, 1.54) is 0 Å². The molecule has 18 heavy (non-hydrogen) atoms. The van der Waals surface area contributed by atoms with Crippen molar-refractivity contribution in [3.05, 3.63) is 28.8 Å². The Hall–Kier alpha value is -1.30. The van der Waals surface area contributed by atoms with Gasteiger partial charge < -0.3 is 15.5 Å². The lowest BCUT2D eigenvalue weighted by atomic mass is 10.1. The summed E-state index contributed by atoms with van der Waals surface area (Å²) in [4.78, 5) is 11.9. The van der Waals surface area contributed by atoms with Gasteiger partial charge in [-0.25, -0.2) is 0 Å². The van der Waals surface area contributed by atoms with E-state index < -0.39 is 0 Å². The Bertz CT molecular complexity index is 410. The zero-order chi connectivity index (χ0) is 13.5. The Morgan fingerprint density at radius 2 is 2.22 bits per heavy atom. The molecule has 0 heterocycles. The molecule has 5 nitrogen and oxygen atoms in total. The molecule has 100 valence electrons. The van der Waals surface area contributed by atoms with Gasteiger partial charge in [0.15, 0.2) is 0 Å². The summed E-state index contributed by atoms with van der Waals surface area (Å²) < 4.78 is 5.33. The van der Waals surface area contributed by atoms with Gasteiger partial charge in [0.2, 0.25) is 0 Å². The summed E-state index contributed by atoms with van der Waals surface area (Å²) in [7, 11) is 0. The zero-order valence-corrected chi connectivity index (χ0v) is 11.3. The van der Waals surface area contributed by atoms with Crippen LogP contribution in [-0.4, -0.2) is 25.2 Å². The lowest BCUT2D eigenvalue weighted by Gasteiger charge is -2.11. The Morgan fingerprint density at radius 1 is 1.50 bits per heavy atom. The van der Waals surface area contributed by atoms with Gasteiger partial charge in [-0.1, -0.05) is 11.6 Å². The van der Waals surface area contributed by atoms with Gasteiger partial charge in [-0.2, -0.15) is 0 Å². The zero-order valence-electron chi connectivity index (χ0n) is 10.5. The summed E-state index contributed by atoms with van der Waals surface area (Å²) in [6, 6.07) is 4.88. The molecule has 1 aromatic carbocycles. The Labute approximate surface area is 112 Å². The van der Waals surface area contributed by atoms with Crippen LogP contribution >= 0.6 is 11.6 Å². The van der Waals surface area contributed by atoms with Crippen LogP contribution in [0.1, 0.15) is 24.2 Å². The van der Waals surface area contributed by atoms with Crippen LogP contribution in [0.3, 0.4) is 0 Å². The first-order valence-corrected chi connectivity index (χ1v) is 6.08. The normalized spacial score (nSPS) is 10.5. The summed E-state index contributed by atoms with van der Waals surface area (Å²) in [5, 5.41) is 3.22. The second-order valence-electron chi connectivity index (χ2n) is 4.01. The fourth-order valence-electron chi connectivity index (χ4n) is 1.38. The molecule has 0 saturated heterocycles. The number of hydrogen-bond acceptors (Lipinski definition) is 4. The molecule has 0 aliphatic heterocycles. The molecule has 0 aliphatic rings. The predicted molar refractivity (Wildman–Crippen MR) is 72.7 cm³/mol. The van der Waals surface area contributed by atoms with Crippen LogP contribution < -0.4 is 16.6 Å². The van der Waals surface area contributed by atoms with Crippen molar-refractivity contribution in [1.29, 1.82) is 0 Å². The monoisotopic (exact) mass is 271 g/mol. The summed E-state index contributed by atoms with van der Waals surface area (Å²) >= 11 is 5.85. The molecule has 1 amide bonds. The van der Waals surface area contributed by atoms with Gasteiger partial charge in [0.1, 0.15) is 0 Å². The molecule has 6 heteroatoms. The van der Waals surface area contributed by atoms with E-state index in [0.717, 1.165) is 0 Å².